The van der Waals surface area contributed by atoms with Crippen LogP contribution in [-0.4, -0.2) is 17.2 Å². The number of carbonyl (C=O) groups excluding carboxylic acids is 1. The molecule has 2 rings (SSSR count). The van der Waals surface area contributed by atoms with Gasteiger partial charge in [-0.2, -0.15) is 0 Å². The standard InChI is InChI=1S/C16H22ClNOS/c1-12(20-15-11-7-6-10-14(15)17)16(19)18-13-8-4-2-3-5-9-13/h6-7,10-13H,2-5,8-9H2,1H3,(H,18,19)/t12-/m0/s1. The Morgan fingerprint density at radius 2 is 1.90 bits per heavy atom. The zero-order valence-electron chi connectivity index (χ0n) is 11.9. The summed E-state index contributed by atoms with van der Waals surface area (Å²) in [7, 11) is 0. The SMILES string of the molecule is C[C@H](Sc1ccccc1Cl)C(=O)NC1CCCCCC1. The molecule has 110 valence electrons. The van der Waals surface area contributed by atoms with Crippen LogP contribution >= 0.6 is 23.4 Å². The maximum Gasteiger partial charge on any atom is 0.233 e. The van der Waals surface area contributed by atoms with Gasteiger partial charge in [-0.25, -0.2) is 0 Å². The highest BCUT2D eigenvalue weighted by molar-refractivity contribution is 8.00. The van der Waals surface area contributed by atoms with Gasteiger partial charge in [0, 0.05) is 10.9 Å². The van der Waals surface area contributed by atoms with E-state index in [0.717, 1.165) is 17.7 Å². The first kappa shape index (κ1) is 15.7. The minimum absolute atomic E-state index is 0.113. The Balaban J connectivity index is 1.87. The minimum Gasteiger partial charge on any atom is -0.352 e. The summed E-state index contributed by atoms with van der Waals surface area (Å²) in [5.41, 5.74) is 0. The molecule has 1 fully saturated rings. The molecule has 1 aliphatic rings. The van der Waals surface area contributed by atoms with Gasteiger partial charge in [-0.1, -0.05) is 49.4 Å². The Bertz CT molecular complexity index is 444. The topological polar surface area (TPSA) is 29.1 Å². The van der Waals surface area contributed by atoms with E-state index in [9.17, 15) is 4.79 Å². The largest absolute Gasteiger partial charge is 0.352 e. The highest BCUT2D eigenvalue weighted by Gasteiger charge is 2.20. The number of hydrogen-bond acceptors (Lipinski definition) is 2. The van der Waals surface area contributed by atoms with E-state index in [1.54, 1.807) is 0 Å². The monoisotopic (exact) mass is 311 g/mol. The third kappa shape index (κ3) is 4.71. The normalized spacial score (nSPS) is 18.3. The second-order valence-electron chi connectivity index (χ2n) is 5.39. The predicted octanol–water partition coefficient (Wildman–Crippen LogP) is 4.66. The smallest absolute Gasteiger partial charge is 0.233 e. The molecule has 20 heavy (non-hydrogen) atoms. The number of halogens is 1. The summed E-state index contributed by atoms with van der Waals surface area (Å²) in [5.74, 6) is 0.127. The summed E-state index contributed by atoms with van der Waals surface area (Å²) < 4.78 is 0. The highest BCUT2D eigenvalue weighted by Crippen LogP contribution is 2.30. The maximum atomic E-state index is 12.3. The molecule has 1 saturated carbocycles. The lowest BCUT2D eigenvalue weighted by Crippen LogP contribution is -2.39. The Morgan fingerprint density at radius 1 is 1.25 bits per heavy atom. The van der Waals surface area contributed by atoms with Crippen molar-refractivity contribution < 1.29 is 4.79 Å². The molecule has 0 heterocycles. The van der Waals surface area contributed by atoms with Crippen LogP contribution in [0.5, 0.6) is 0 Å². The van der Waals surface area contributed by atoms with Crippen LogP contribution in [0, 0.1) is 0 Å². The Kier molecular flexibility index (Phi) is 6.24. The Morgan fingerprint density at radius 3 is 2.55 bits per heavy atom. The highest BCUT2D eigenvalue weighted by atomic mass is 35.5. The quantitative estimate of drug-likeness (QED) is 0.647. The molecule has 0 spiro atoms. The third-order valence-corrected chi connectivity index (χ3v) is 5.33. The van der Waals surface area contributed by atoms with E-state index in [2.05, 4.69) is 5.32 Å². The zero-order valence-corrected chi connectivity index (χ0v) is 13.5. The third-order valence-electron chi connectivity index (χ3n) is 3.71. The molecule has 4 heteroatoms. The van der Waals surface area contributed by atoms with Crippen molar-refractivity contribution in [1.82, 2.24) is 5.32 Å². The van der Waals surface area contributed by atoms with Crippen molar-refractivity contribution >= 4 is 29.3 Å². The van der Waals surface area contributed by atoms with Gasteiger partial charge < -0.3 is 5.32 Å². The molecule has 0 bridgehead atoms. The lowest BCUT2D eigenvalue weighted by Gasteiger charge is -2.19. The molecule has 2 nitrogen and oxygen atoms in total. The van der Waals surface area contributed by atoms with E-state index in [1.807, 2.05) is 31.2 Å². The molecule has 1 aliphatic carbocycles. The van der Waals surface area contributed by atoms with Gasteiger partial charge in [-0.15, -0.1) is 11.8 Å². The van der Waals surface area contributed by atoms with Crippen LogP contribution in [0.1, 0.15) is 45.4 Å². The van der Waals surface area contributed by atoms with Crippen LogP contribution in [0.4, 0.5) is 0 Å². The van der Waals surface area contributed by atoms with E-state index in [1.165, 1.54) is 37.4 Å². The van der Waals surface area contributed by atoms with Gasteiger partial charge in [0.1, 0.15) is 0 Å². The summed E-state index contributed by atoms with van der Waals surface area (Å²) in [6.07, 6.45) is 7.31. The predicted molar refractivity (Wildman–Crippen MR) is 86.4 cm³/mol. The number of carbonyl (C=O) groups is 1. The van der Waals surface area contributed by atoms with Gasteiger partial charge in [0.25, 0.3) is 0 Å². The molecule has 1 aromatic rings. The molecule has 0 aromatic heterocycles. The summed E-state index contributed by atoms with van der Waals surface area (Å²) in [5, 5.41) is 3.80. The van der Waals surface area contributed by atoms with Crippen LogP contribution in [0.3, 0.4) is 0 Å². The zero-order chi connectivity index (χ0) is 14.4. The van der Waals surface area contributed by atoms with Crippen LogP contribution in [-0.2, 0) is 4.79 Å². The molecular formula is C16H22ClNOS. The van der Waals surface area contributed by atoms with Gasteiger partial charge in [-0.05, 0) is 31.9 Å². The van der Waals surface area contributed by atoms with Crippen LogP contribution < -0.4 is 5.32 Å². The van der Waals surface area contributed by atoms with Crippen molar-refractivity contribution in [3.05, 3.63) is 29.3 Å². The molecular weight excluding hydrogens is 290 g/mol. The van der Waals surface area contributed by atoms with Crippen molar-refractivity contribution in [2.75, 3.05) is 0 Å². The molecule has 1 N–H and O–H groups in total. The van der Waals surface area contributed by atoms with E-state index < -0.39 is 0 Å². The van der Waals surface area contributed by atoms with Gasteiger partial charge in [0.05, 0.1) is 10.3 Å². The maximum absolute atomic E-state index is 12.3. The lowest BCUT2D eigenvalue weighted by atomic mass is 10.1. The minimum atomic E-state index is -0.113. The second-order valence-corrected chi connectivity index (χ2v) is 7.18. The Hall–Kier alpha value is -0.670. The first-order valence-electron chi connectivity index (χ1n) is 7.38. The fraction of sp³-hybridized carbons (Fsp3) is 0.562. The van der Waals surface area contributed by atoms with Gasteiger partial charge in [0.2, 0.25) is 5.91 Å². The average Bonchev–Trinajstić information content (AvgIpc) is 2.70. The summed E-state index contributed by atoms with van der Waals surface area (Å²) >= 11 is 7.66. The first-order chi connectivity index (χ1) is 9.66. The molecule has 0 saturated heterocycles. The molecule has 0 radical (unpaired) electrons. The van der Waals surface area contributed by atoms with Crippen molar-refractivity contribution in [2.45, 2.75) is 61.6 Å². The molecule has 0 aliphatic heterocycles. The van der Waals surface area contributed by atoms with E-state index in [-0.39, 0.29) is 11.2 Å². The van der Waals surface area contributed by atoms with Crippen molar-refractivity contribution in [1.29, 1.82) is 0 Å². The number of benzene rings is 1. The average molecular weight is 312 g/mol. The van der Waals surface area contributed by atoms with E-state index in [4.69, 9.17) is 11.6 Å². The van der Waals surface area contributed by atoms with E-state index >= 15 is 0 Å². The summed E-state index contributed by atoms with van der Waals surface area (Å²) in [6, 6.07) is 8.04. The molecule has 1 aromatic carbocycles. The van der Waals surface area contributed by atoms with Crippen LogP contribution in [0.15, 0.2) is 29.2 Å². The molecule has 1 atom stereocenters. The van der Waals surface area contributed by atoms with Crippen LogP contribution in [0.2, 0.25) is 5.02 Å². The summed E-state index contributed by atoms with van der Waals surface area (Å²) in [6.45, 7) is 1.94. The first-order valence-corrected chi connectivity index (χ1v) is 8.64. The molecule has 0 unspecified atom stereocenters. The number of thioether (sulfide) groups is 1. The fourth-order valence-corrected chi connectivity index (χ4v) is 3.69. The van der Waals surface area contributed by atoms with Crippen molar-refractivity contribution in [3.8, 4) is 0 Å². The fourth-order valence-electron chi connectivity index (χ4n) is 2.53. The number of nitrogens with one attached hydrogen (secondary N) is 1. The second kappa shape index (κ2) is 7.94. The summed E-state index contributed by atoms with van der Waals surface area (Å²) in [4.78, 5) is 13.2. The van der Waals surface area contributed by atoms with Crippen LogP contribution in [0.25, 0.3) is 0 Å². The van der Waals surface area contributed by atoms with Crippen molar-refractivity contribution in [2.24, 2.45) is 0 Å². The van der Waals surface area contributed by atoms with Crippen molar-refractivity contribution in [3.63, 3.8) is 0 Å². The van der Waals surface area contributed by atoms with Gasteiger partial charge >= 0.3 is 0 Å². The van der Waals surface area contributed by atoms with Gasteiger partial charge in [0.15, 0.2) is 0 Å². The number of hydrogen-bond donors (Lipinski definition) is 1. The van der Waals surface area contributed by atoms with E-state index in [0.29, 0.717) is 11.1 Å². The number of rotatable bonds is 4. The lowest BCUT2D eigenvalue weighted by molar-refractivity contribution is -0.121. The van der Waals surface area contributed by atoms with Gasteiger partial charge in [-0.3, -0.25) is 4.79 Å². The number of amides is 1. The Labute approximate surface area is 130 Å². The molecule has 1 amide bonds.